The number of rotatable bonds is 12. The summed E-state index contributed by atoms with van der Waals surface area (Å²) < 4.78 is 274. The van der Waals surface area contributed by atoms with Crippen molar-refractivity contribution < 1.29 is 101 Å². The van der Waals surface area contributed by atoms with Gasteiger partial charge in [-0.1, -0.05) is 34.6 Å². The first-order valence-corrected chi connectivity index (χ1v) is 16.9. The number of halogens is 17. The molecule has 0 radical (unpaired) electrons. The predicted octanol–water partition coefficient (Wildman–Crippen LogP) is 9.95. The van der Waals surface area contributed by atoms with Crippen molar-refractivity contribution in [3.05, 3.63) is 36.4 Å². The molecule has 0 bridgehead atoms. The van der Waals surface area contributed by atoms with Gasteiger partial charge in [-0.3, -0.25) is 0 Å². The molecule has 0 saturated carbocycles. The molecule has 0 aliphatic carbocycles. The summed E-state index contributed by atoms with van der Waals surface area (Å²) in [5, 5.41) is -8.15. The second-order valence-electron chi connectivity index (χ2n) is 11.0. The quantitative estimate of drug-likeness (QED) is 0.121. The number of hydrogen-bond donors (Lipinski definition) is 0. The Morgan fingerprint density at radius 2 is 1.08 bits per heavy atom. The molecular weight excluding hydrogens is 795 g/mol. The Hall–Kier alpha value is -2.96. The van der Waals surface area contributed by atoms with Crippen molar-refractivity contribution in [2.45, 2.75) is 84.7 Å². The van der Waals surface area contributed by atoms with Gasteiger partial charge in [0.05, 0.1) is 6.10 Å². The fraction of sp³-hybridized carbons (Fsp3) is 0.577. The van der Waals surface area contributed by atoms with Crippen LogP contribution in [0.25, 0.3) is 10.8 Å². The van der Waals surface area contributed by atoms with Crippen LogP contribution in [0.1, 0.15) is 26.7 Å². The zero-order valence-electron chi connectivity index (χ0n) is 25.1. The number of carbonyl (C=O) groups is 1. The monoisotopic (exact) mass is 816 g/mol. The maximum Gasteiger partial charge on any atom is 0.514 e. The van der Waals surface area contributed by atoms with Crippen molar-refractivity contribution in [3.8, 4) is 5.75 Å². The molecule has 1 saturated heterocycles. The molecule has 0 atom stereocenters. The lowest BCUT2D eigenvalue weighted by molar-refractivity contribution is -0.458. The second kappa shape index (κ2) is 12.9. The lowest BCUT2D eigenvalue weighted by Gasteiger charge is -2.43. The average Bonchev–Trinajstić information content (AvgIpc) is 3.44. The Morgan fingerprint density at radius 1 is 0.647 bits per heavy atom. The van der Waals surface area contributed by atoms with Crippen molar-refractivity contribution >= 4 is 37.4 Å². The first kappa shape index (κ1) is 42.5. The second-order valence-corrected chi connectivity index (χ2v) is 15.9. The highest BCUT2D eigenvalue weighted by Gasteiger charge is 2.96. The van der Waals surface area contributed by atoms with Crippen molar-refractivity contribution in [2.75, 3.05) is 11.5 Å². The Bertz CT molecular complexity index is 1740. The molecule has 0 spiro atoms. The molecule has 25 heteroatoms. The first-order valence-electron chi connectivity index (χ1n) is 13.6. The third-order valence-corrected chi connectivity index (χ3v) is 12.9. The van der Waals surface area contributed by atoms with Gasteiger partial charge < -0.3 is 9.47 Å². The fourth-order valence-corrected chi connectivity index (χ4v) is 10.5. The lowest BCUT2D eigenvalue weighted by Crippen LogP contribution is -2.75. The van der Waals surface area contributed by atoms with E-state index in [1.165, 1.54) is 32.0 Å². The molecule has 1 fully saturated rings. The van der Waals surface area contributed by atoms with Gasteiger partial charge in [-0.2, -0.15) is 83.1 Å². The highest BCUT2D eigenvalue weighted by Crippen LogP contribution is 2.68. The van der Waals surface area contributed by atoms with Gasteiger partial charge in [0.15, 0.2) is 0 Å². The molecule has 2 aromatic carbocycles. The van der Waals surface area contributed by atoms with Crippen LogP contribution in [0, 0.1) is 0 Å². The van der Waals surface area contributed by atoms with Crippen LogP contribution < -0.4 is 4.74 Å². The number of fused-ring (bicyclic) bond motifs is 1. The molecule has 3 rings (SSSR count). The zero-order valence-corrected chi connectivity index (χ0v) is 26.7. The number of carbonyl (C=O) groups excluding carboxylic acids is 1. The van der Waals surface area contributed by atoms with Gasteiger partial charge in [-0.05, 0) is 44.2 Å². The summed E-state index contributed by atoms with van der Waals surface area (Å²) in [5.74, 6) is -54.0. The molecular formula is C26H21F17O6S2. The van der Waals surface area contributed by atoms with Crippen LogP contribution in [-0.4, -0.2) is 79.1 Å². The van der Waals surface area contributed by atoms with E-state index < -0.39 is 96.1 Å². The minimum Gasteiger partial charge on any atom is -0.431 e. The van der Waals surface area contributed by atoms with E-state index in [4.69, 9.17) is 9.47 Å². The summed E-state index contributed by atoms with van der Waals surface area (Å²) in [7, 11) is -11.8. The third-order valence-electron chi connectivity index (χ3n) is 7.20. The van der Waals surface area contributed by atoms with Crippen molar-refractivity contribution in [2.24, 2.45) is 0 Å². The molecule has 0 N–H and O–H groups in total. The predicted molar refractivity (Wildman–Crippen MR) is 142 cm³/mol. The van der Waals surface area contributed by atoms with Crippen LogP contribution in [-0.2, 0) is 18.5 Å². The summed E-state index contributed by atoms with van der Waals surface area (Å²) in [4.78, 5) is 11.6. The summed E-state index contributed by atoms with van der Waals surface area (Å²) in [5.41, 5.74) is 0. The smallest absolute Gasteiger partial charge is 0.431 e. The van der Waals surface area contributed by atoms with E-state index in [0.29, 0.717) is 0 Å². The van der Waals surface area contributed by atoms with Crippen LogP contribution in [0.4, 0.5) is 79.4 Å². The Labute approximate surface area is 276 Å². The number of alkyl halides is 17. The molecule has 0 unspecified atom stereocenters. The van der Waals surface area contributed by atoms with Crippen LogP contribution >= 0.6 is 10.3 Å². The van der Waals surface area contributed by atoms with E-state index in [1.807, 2.05) is 0 Å². The molecule has 1 heterocycles. The number of ether oxygens (including phenoxy) is 2. The lowest BCUT2D eigenvalue weighted by atomic mass is 9.91. The highest BCUT2D eigenvalue weighted by molar-refractivity contribution is 8.33. The average molecular weight is 817 g/mol. The normalized spacial score (nSPS) is 17.9. The van der Waals surface area contributed by atoms with Gasteiger partial charge in [-0.15, -0.1) is 0 Å². The maximum atomic E-state index is 15.0. The molecule has 51 heavy (non-hydrogen) atoms. The van der Waals surface area contributed by atoms with E-state index >= 15 is 0 Å². The van der Waals surface area contributed by atoms with Crippen molar-refractivity contribution in [3.63, 3.8) is 0 Å². The fourth-order valence-electron chi connectivity index (χ4n) is 4.58. The minimum absolute atomic E-state index is 0.127. The van der Waals surface area contributed by atoms with Crippen LogP contribution in [0.15, 0.2) is 41.3 Å². The number of benzene rings is 2. The first-order chi connectivity index (χ1) is 22.7. The minimum atomic E-state index is -8.96. The van der Waals surface area contributed by atoms with Crippen LogP contribution in [0.2, 0.25) is 0 Å². The van der Waals surface area contributed by atoms with Gasteiger partial charge >= 0.3 is 63.2 Å². The summed E-state index contributed by atoms with van der Waals surface area (Å²) in [6.45, 7) is 2.86. The number of hydrogen-bond acceptors (Lipinski definition) is 6. The third kappa shape index (κ3) is 6.41. The summed E-state index contributed by atoms with van der Waals surface area (Å²) >= 11 is 0. The highest BCUT2D eigenvalue weighted by atomic mass is 32.3. The van der Waals surface area contributed by atoms with Gasteiger partial charge in [0, 0.05) is 21.8 Å². The zero-order chi connectivity index (χ0) is 39.7. The van der Waals surface area contributed by atoms with Crippen LogP contribution in [0.5, 0.6) is 5.75 Å². The maximum absolute atomic E-state index is 15.0. The molecule has 6 nitrogen and oxygen atoms in total. The van der Waals surface area contributed by atoms with E-state index in [0.717, 1.165) is 18.2 Å². The van der Waals surface area contributed by atoms with Gasteiger partial charge in [0.2, 0.25) is 0 Å². The molecule has 292 valence electrons. The van der Waals surface area contributed by atoms with Crippen molar-refractivity contribution in [1.29, 1.82) is 0 Å². The summed E-state index contributed by atoms with van der Waals surface area (Å²) in [6, 6.07) is 6.59. The van der Waals surface area contributed by atoms with E-state index in [1.54, 1.807) is 0 Å². The largest absolute Gasteiger partial charge is 0.514 e. The Morgan fingerprint density at radius 3 is 1.53 bits per heavy atom. The van der Waals surface area contributed by atoms with E-state index in [-0.39, 0.29) is 29.4 Å². The van der Waals surface area contributed by atoms with E-state index in [9.17, 15) is 87.8 Å². The Balaban J connectivity index is 2.14. The molecule has 1 aliphatic heterocycles. The molecule has 2 aromatic rings. The van der Waals surface area contributed by atoms with Gasteiger partial charge in [0.1, 0.15) is 5.75 Å². The molecule has 0 amide bonds. The standard InChI is InChI=1S/C26H21F17O6S2/c1-13(2)47-18(44)48-16-9-10-17(15-8-4-3-7-14(15)16)50(11-5-6-12-50)49-51(45,46)26(42,43)24(37,38)22(33,34)20(29,30)19(27,28)21(31,32)23(35,36)25(39,40)41/h3-4,7-10,13H,5-6,11-12H2,1-2H3. The Kier molecular flexibility index (Phi) is 10.7. The van der Waals surface area contributed by atoms with Gasteiger partial charge in [-0.25, -0.2) is 8.42 Å². The SMILES string of the molecule is CC(C)OC(=O)Oc1ccc(S2(OS(=O)(=O)C(F)(F)C(F)(F)C(F)(F)C(F)(F)C(F)(F)C(F)(F)C(F)(F)C(F)(F)F)CCCC2)c2ccccc12. The van der Waals surface area contributed by atoms with Crippen LogP contribution in [0.3, 0.4) is 0 Å². The van der Waals surface area contributed by atoms with Crippen molar-refractivity contribution in [1.82, 2.24) is 0 Å². The van der Waals surface area contributed by atoms with E-state index in [2.05, 4.69) is 3.63 Å². The topological polar surface area (TPSA) is 78.9 Å². The summed E-state index contributed by atoms with van der Waals surface area (Å²) in [6.07, 6.45) is -10.2. The van der Waals surface area contributed by atoms with Gasteiger partial charge in [0.25, 0.3) is 0 Å². The molecule has 0 aromatic heterocycles. The molecule has 1 aliphatic rings.